The Labute approximate surface area is 109 Å². The third kappa shape index (κ3) is 2.70. The van der Waals surface area contributed by atoms with Gasteiger partial charge < -0.3 is 15.1 Å². The summed E-state index contributed by atoms with van der Waals surface area (Å²) in [6.45, 7) is 0.0266. The SMILES string of the molecule is O=C1CC(CO)CN1c1cc(S(=O)(=O)O)ccc1O. The first kappa shape index (κ1) is 13.8. The Morgan fingerprint density at radius 1 is 1.37 bits per heavy atom. The van der Waals surface area contributed by atoms with Gasteiger partial charge >= 0.3 is 0 Å². The molecule has 1 fully saturated rings. The smallest absolute Gasteiger partial charge is 0.294 e. The molecule has 0 aromatic heterocycles. The molecule has 1 saturated heterocycles. The molecule has 0 saturated carbocycles. The number of hydrogen-bond acceptors (Lipinski definition) is 5. The van der Waals surface area contributed by atoms with Crippen molar-refractivity contribution in [2.24, 2.45) is 5.92 Å². The molecule has 19 heavy (non-hydrogen) atoms. The summed E-state index contributed by atoms with van der Waals surface area (Å²) in [5, 5.41) is 18.7. The van der Waals surface area contributed by atoms with Crippen molar-refractivity contribution in [2.75, 3.05) is 18.1 Å². The Morgan fingerprint density at radius 3 is 2.58 bits per heavy atom. The Bertz CT molecular complexity index is 612. The minimum absolute atomic E-state index is 0.0103. The molecule has 1 unspecified atom stereocenters. The summed E-state index contributed by atoms with van der Waals surface area (Å²) in [6, 6.07) is 3.17. The average molecular weight is 287 g/mol. The van der Waals surface area contributed by atoms with E-state index in [1.807, 2.05) is 0 Å². The molecule has 1 aromatic rings. The third-order valence-corrected chi connectivity index (χ3v) is 3.85. The maximum Gasteiger partial charge on any atom is 0.294 e. The standard InChI is InChI=1S/C11H13NO6S/c13-6-7-3-11(15)12(5-7)9-4-8(19(16,17)18)1-2-10(9)14/h1-2,4,7,13-14H,3,5-6H2,(H,16,17,18). The molecule has 1 atom stereocenters. The van der Waals surface area contributed by atoms with E-state index in [1.165, 1.54) is 4.90 Å². The van der Waals surface area contributed by atoms with Crippen molar-refractivity contribution in [3.63, 3.8) is 0 Å². The molecule has 1 heterocycles. The summed E-state index contributed by atoms with van der Waals surface area (Å²) >= 11 is 0. The van der Waals surface area contributed by atoms with Crippen LogP contribution in [0.25, 0.3) is 0 Å². The first-order valence-corrected chi connectivity index (χ1v) is 6.98. The Kier molecular flexibility index (Phi) is 3.48. The van der Waals surface area contributed by atoms with E-state index in [0.717, 1.165) is 18.2 Å². The molecule has 8 heteroatoms. The third-order valence-electron chi connectivity index (χ3n) is 3.00. The van der Waals surface area contributed by atoms with Gasteiger partial charge in [0.15, 0.2) is 0 Å². The van der Waals surface area contributed by atoms with Gasteiger partial charge in [0.05, 0.1) is 10.6 Å². The molecule has 0 aliphatic carbocycles. The molecule has 1 aliphatic rings. The number of anilines is 1. The summed E-state index contributed by atoms with van der Waals surface area (Å²) in [5.74, 6) is -0.831. The number of nitrogens with zero attached hydrogens (tertiary/aromatic N) is 1. The van der Waals surface area contributed by atoms with E-state index in [9.17, 15) is 18.3 Å². The number of aliphatic hydroxyl groups is 1. The fourth-order valence-electron chi connectivity index (χ4n) is 2.02. The molecule has 0 spiro atoms. The van der Waals surface area contributed by atoms with Gasteiger partial charge in [0.2, 0.25) is 5.91 Å². The van der Waals surface area contributed by atoms with Gasteiger partial charge in [0.1, 0.15) is 5.75 Å². The Hall–Kier alpha value is -1.64. The number of amides is 1. The number of rotatable bonds is 3. The van der Waals surface area contributed by atoms with Crippen molar-refractivity contribution in [3.8, 4) is 5.75 Å². The number of phenols is 1. The number of carbonyl (C=O) groups excluding carboxylic acids is 1. The van der Waals surface area contributed by atoms with Crippen LogP contribution >= 0.6 is 0 Å². The number of phenolic OH excluding ortho intramolecular Hbond substituents is 1. The van der Waals surface area contributed by atoms with E-state index >= 15 is 0 Å². The van der Waals surface area contributed by atoms with Crippen LogP contribution in [0.5, 0.6) is 5.75 Å². The molecular formula is C11H13NO6S. The van der Waals surface area contributed by atoms with E-state index in [4.69, 9.17) is 9.66 Å². The molecule has 1 aliphatic heterocycles. The first-order valence-electron chi connectivity index (χ1n) is 5.54. The summed E-state index contributed by atoms with van der Waals surface area (Å²) in [4.78, 5) is 12.5. The summed E-state index contributed by atoms with van der Waals surface area (Å²) in [7, 11) is -4.41. The lowest BCUT2D eigenvalue weighted by atomic mass is 10.1. The molecule has 0 radical (unpaired) electrons. The van der Waals surface area contributed by atoms with E-state index in [-0.39, 0.29) is 42.8 Å². The zero-order valence-electron chi connectivity index (χ0n) is 9.85. The molecule has 2 rings (SSSR count). The van der Waals surface area contributed by atoms with E-state index in [2.05, 4.69) is 0 Å². The molecule has 104 valence electrons. The lowest BCUT2D eigenvalue weighted by molar-refractivity contribution is -0.117. The van der Waals surface area contributed by atoms with Crippen LogP contribution in [-0.2, 0) is 14.9 Å². The highest BCUT2D eigenvalue weighted by atomic mass is 32.2. The zero-order valence-corrected chi connectivity index (χ0v) is 10.7. The van der Waals surface area contributed by atoms with Crippen LogP contribution in [0.1, 0.15) is 6.42 Å². The Morgan fingerprint density at radius 2 is 2.05 bits per heavy atom. The number of carbonyl (C=O) groups is 1. The monoisotopic (exact) mass is 287 g/mol. The van der Waals surface area contributed by atoms with Crippen LogP contribution < -0.4 is 4.90 Å². The Balaban J connectivity index is 2.42. The molecule has 0 bridgehead atoms. The van der Waals surface area contributed by atoms with Crippen LogP contribution in [0.4, 0.5) is 5.69 Å². The maximum absolute atomic E-state index is 11.7. The van der Waals surface area contributed by atoms with Gasteiger partial charge in [-0.25, -0.2) is 0 Å². The van der Waals surface area contributed by atoms with Crippen LogP contribution in [0.3, 0.4) is 0 Å². The predicted molar refractivity (Wildman–Crippen MR) is 65.5 cm³/mol. The molecule has 3 N–H and O–H groups in total. The second kappa shape index (κ2) is 4.80. The maximum atomic E-state index is 11.7. The second-order valence-corrected chi connectivity index (χ2v) is 5.80. The zero-order chi connectivity index (χ0) is 14.2. The summed E-state index contributed by atoms with van der Waals surface area (Å²) in [5.41, 5.74) is 0.0103. The van der Waals surface area contributed by atoms with E-state index < -0.39 is 15.0 Å². The highest BCUT2D eigenvalue weighted by Crippen LogP contribution is 2.34. The van der Waals surface area contributed by atoms with E-state index in [0.29, 0.717) is 0 Å². The highest BCUT2D eigenvalue weighted by molar-refractivity contribution is 7.85. The molecule has 7 nitrogen and oxygen atoms in total. The van der Waals surface area contributed by atoms with Gasteiger partial charge in [0.25, 0.3) is 10.1 Å². The second-order valence-electron chi connectivity index (χ2n) is 4.38. The van der Waals surface area contributed by atoms with Gasteiger partial charge in [-0.1, -0.05) is 0 Å². The normalized spacial score (nSPS) is 20.0. The van der Waals surface area contributed by atoms with Gasteiger partial charge in [-0.3, -0.25) is 9.35 Å². The van der Waals surface area contributed by atoms with Gasteiger partial charge in [-0.15, -0.1) is 0 Å². The van der Waals surface area contributed by atoms with E-state index in [1.54, 1.807) is 0 Å². The van der Waals surface area contributed by atoms with Gasteiger partial charge in [-0.2, -0.15) is 8.42 Å². The largest absolute Gasteiger partial charge is 0.506 e. The van der Waals surface area contributed by atoms with Crippen molar-refractivity contribution in [1.29, 1.82) is 0 Å². The van der Waals surface area contributed by atoms with Crippen LogP contribution in [0, 0.1) is 5.92 Å². The number of hydrogen-bond donors (Lipinski definition) is 3. The van der Waals surface area contributed by atoms with Crippen molar-refractivity contribution in [1.82, 2.24) is 0 Å². The minimum atomic E-state index is -4.41. The topological polar surface area (TPSA) is 115 Å². The van der Waals surface area contributed by atoms with Crippen molar-refractivity contribution in [3.05, 3.63) is 18.2 Å². The van der Waals surface area contributed by atoms with Crippen molar-refractivity contribution < 1.29 is 28.0 Å². The fraction of sp³-hybridized carbons (Fsp3) is 0.364. The predicted octanol–water partition coefficient (Wildman–Crippen LogP) is -0.0159. The highest BCUT2D eigenvalue weighted by Gasteiger charge is 2.32. The van der Waals surface area contributed by atoms with Gasteiger partial charge in [0, 0.05) is 25.5 Å². The first-order chi connectivity index (χ1) is 8.82. The number of benzene rings is 1. The molecular weight excluding hydrogens is 274 g/mol. The van der Waals surface area contributed by atoms with Gasteiger partial charge in [-0.05, 0) is 18.2 Å². The summed E-state index contributed by atoms with van der Waals surface area (Å²) < 4.78 is 31.0. The minimum Gasteiger partial charge on any atom is -0.506 e. The van der Waals surface area contributed by atoms with Crippen LogP contribution in [0.15, 0.2) is 23.1 Å². The lowest BCUT2D eigenvalue weighted by Crippen LogP contribution is -2.25. The van der Waals surface area contributed by atoms with Crippen molar-refractivity contribution in [2.45, 2.75) is 11.3 Å². The number of aromatic hydroxyl groups is 1. The van der Waals surface area contributed by atoms with Crippen LogP contribution in [0.2, 0.25) is 0 Å². The molecule has 1 amide bonds. The number of aliphatic hydroxyl groups excluding tert-OH is 1. The van der Waals surface area contributed by atoms with Crippen LogP contribution in [-0.4, -0.2) is 42.2 Å². The average Bonchev–Trinajstić information content (AvgIpc) is 2.69. The fourth-order valence-corrected chi connectivity index (χ4v) is 2.52. The summed E-state index contributed by atoms with van der Waals surface area (Å²) in [6.07, 6.45) is 0.131. The lowest BCUT2D eigenvalue weighted by Gasteiger charge is -2.18. The molecule has 1 aromatic carbocycles. The quantitative estimate of drug-likeness (QED) is 0.673. The van der Waals surface area contributed by atoms with Crippen molar-refractivity contribution >= 4 is 21.7 Å².